The normalized spacial score (nSPS) is 12.1. The van der Waals surface area contributed by atoms with E-state index < -0.39 is 0 Å². The van der Waals surface area contributed by atoms with Crippen LogP contribution in [-0.4, -0.2) is 9.13 Å². The van der Waals surface area contributed by atoms with Gasteiger partial charge in [-0.3, -0.25) is 0 Å². The lowest BCUT2D eigenvalue weighted by Crippen LogP contribution is -1.95. The fourth-order valence-electron chi connectivity index (χ4n) is 9.52. The maximum absolute atomic E-state index is 6.46. The number of aromatic nitrogens is 2. The van der Waals surface area contributed by atoms with Gasteiger partial charge < -0.3 is 13.6 Å². The average Bonchev–Trinajstić information content (AvgIpc) is 4.03. The number of rotatable bonds is 4. The van der Waals surface area contributed by atoms with E-state index in [1.165, 1.54) is 75.0 Å². The number of hydrogen-bond donors (Lipinski definition) is 0. The van der Waals surface area contributed by atoms with Crippen LogP contribution in [0.3, 0.4) is 0 Å². The minimum absolute atomic E-state index is 0.887. The summed E-state index contributed by atoms with van der Waals surface area (Å²) in [4.78, 5) is 0. The molecule has 0 atom stereocenters. The lowest BCUT2D eigenvalue weighted by molar-refractivity contribution is 0.668. The van der Waals surface area contributed by atoms with Crippen molar-refractivity contribution in [3.8, 4) is 33.6 Å². The van der Waals surface area contributed by atoms with Crippen molar-refractivity contribution < 1.29 is 4.42 Å². The first-order valence-electron chi connectivity index (χ1n) is 19.7. The average molecular weight is 757 g/mol. The Morgan fingerprint density at radius 1 is 0.310 bits per heavy atom. The third-order valence-corrected chi connectivity index (χ3v) is 13.2. The van der Waals surface area contributed by atoms with Crippen molar-refractivity contribution in [2.45, 2.75) is 0 Å². The summed E-state index contributed by atoms with van der Waals surface area (Å²) in [5.41, 5.74) is 13.5. The smallest absolute Gasteiger partial charge is 0.137 e. The van der Waals surface area contributed by atoms with E-state index in [4.69, 9.17) is 4.42 Å². The Morgan fingerprint density at radius 3 is 1.78 bits per heavy atom. The summed E-state index contributed by atoms with van der Waals surface area (Å²) in [7, 11) is 0. The molecule has 0 saturated heterocycles. The molecule has 0 saturated carbocycles. The highest BCUT2D eigenvalue weighted by atomic mass is 32.1. The zero-order chi connectivity index (χ0) is 37.9. The molecular weight excluding hydrogens is 725 g/mol. The van der Waals surface area contributed by atoms with Crippen LogP contribution in [0.1, 0.15) is 0 Å². The van der Waals surface area contributed by atoms with Gasteiger partial charge in [-0.1, -0.05) is 115 Å². The van der Waals surface area contributed by atoms with Crippen LogP contribution >= 0.6 is 11.3 Å². The first-order valence-corrected chi connectivity index (χ1v) is 20.6. The van der Waals surface area contributed by atoms with Crippen molar-refractivity contribution in [1.29, 1.82) is 0 Å². The Labute approximate surface area is 336 Å². The Morgan fingerprint density at radius 2 is 0.897 bits per heavy atom. The zero-order valence-corrected chi connectivity index (χ0v) is 32.0. The monoisotopic (exact) mass is 756 g/mol. The molecule has 4 heterocycles. The molecule has 58 heavy (non-hydrogen) atoms. The third-order valence-electron chi connectivity index (χ3n) is 12.1. The molecule has 13 aromatic rings. The molecule has 4 aromatic heterocycles. The van der Waals surface area contributed by atoms with Gasteiger partial charge in [-0.2, -0.15) is 0 Å². The summed E-state index contributed by atoms with van der Waals surface area (Å²) >= 11 is 1.87. The van der Waals surface area contributed by atoms with Crippen LogP contribution in [0.4, 0.5) is 0 Å². The van der Waals surface area contributed by atoms with Crippen LogP contribution in [0.5, 0.6) is 0 Å². The summed E-state index contributed by atoms with van der Waals surface area (Å²) in [6, 6.07) is 70.8. The topological polar surface area (TPSA) is 23.0 Å². The van der Waals surface area contributed by atoms with Crippen LogP contribution in [0.25, 0.3) is 119 Å². The number of para-hydroxylation sites is 2. The van der Waals surface area contributed by atoms with Gasteiger partial charge in [-0.05, 0) is 95.1 Å². The lowest BCUT2D eigenvalue weighted by atomic mass is 10.00. The van der Waals surface area contributed by atoms with Crippen molar-refractivity contribution in [3.63, 3.8) is 0 Å². The Kier molecular flexibility index (Phi) is 6.60. The number of fused-ring (bicyclic) bond motifs is 13. The quantitative estimate of drug-likeness (QED) is 0.175. The lowest BCUT2D eigenvalue weighted by Gasteiger charge is -2.11. The number of nitrogens with zero attached hydrogens (tertiary/aromatic N) is 2. The molecule has 0 fully saturated rings. The van der Waals surface area contributed by atoms with E-state index in [1.807, 2.05) is 17.4 Å². The number of hydrogen-bond acceptors (Lipinski definition) is 2. The molecular formula is C54H32N2OS. The molecule has 3 nitrogen and oxygen atoms in total. The third kappa shape index (κ3) is 4.55. The van der Waals surface area contributed by atoms with Crippen molar-refractivity contribution in [3.05, 3.63) is 194 Å². The molecule has 0 amide bonds. The van der Waals surface area contributed by atoms with E-state index in [-0.39, 0.29) is 0 Å². The van der Waals surface area contributed by atoms with E-state index in [2.05, 4.69) is 197 Å². The maximum atomic E-state index is 6.46. The molecule has 4 heteroatoms. The van der Waals surface area contributed by atoms with E-state index in [0.29, 0.717) is 0 Å². The van der Waals surface area contributed by atoms with Gasteiger partial charge in [-0.15, -0.1) is 11.3 Å². The van der Waals surface area contributed by atoms with E-state index in [1.54, 1.807) is 0 Å². The highest BCUT2D eigenvalue weighted by Gasteiger charge is 2.22. The van der Waals surface area contributed by atoms with Crippen LogP contribution in [0.2, 0.25) is 0 Å². The number of thiophene rings is 1. The first-order chi connectivity index (χ1) is 28.7. The molecule has 9 aromatic carbocycles. The van der Waals surface area contributed by atoms with E-state index >= 15 is 0 Å². The van der Waals surface area contributed by atoms with Gasteiger partial charge in [0.15, 0.2) is 0 Å². The molecule has 0 N–H and O–H groups in total. The Hall–Kier alpha value is -7.40. The first kappa shape index (κ1) is 31.8. The van der Waals surface area contributed by atoms with Gasteiger partial charge in [0.25, 0.3) is 0 Å². The van der Waals surface area contributed by atoms with Gasteiger partial charge >= 0.3 is 0 Å². The molecule has 0 aliphatic rings. The van der Waals surface area contributed by atoms with Gasteiger partial charge in [-0.25, -0.2) is 0 Å². The summed E-state index contributed by atoms with van der Waals surface area (Å²) in [6.45, 7) is 0. The summed E-state index contributed by atoms with van der Waals surface area (Å²) in [5, 5.41) is 9.85. The molecule has 0 spiro atoms. The van der Waals surface area contributed by atoms with Gasteiger partial charge in [0.2, 0.25) is 0 Å². The van der Waals surface area contributed by atoms with Crippen LogP contribution in [0.15, 0.2) is 199 Å². The van der Waals surface area contributed by atoms with Gasteiger partial charge in [0, 0.05) is 69.9 Å². The molecule has 0 bridgehead atoms. The van der Waals surface area contributed by atoms with Crippen molar-refractivity contribution in [2.75, 3.05) is 0 Å². The Bertz CT molecular complexity index is 3800. The SMILES string of the molecule is c1ccc(-c2cccc(-n3c4ccccc4c4c5c6cc(-c7ccc8c(c7)sc7ccccc78)ccc6n(-c6ccc7c(c6)oc6ccccc67)c5ccc43)c2)cc1. The molecule has 13 rings (SSSR count). The van der Waals surface area contributed by atoms with E-state index in [9.17, 15) is 0 Å². The summed E-state index contributed by atoms with van der Waals surface area (Å²) < 4.78 is 14.0. The second-order valence-corrected chi connectivity index (χ2v) is 16.4. The fraction of sp³-hybridized carbons (Fsp3) is 0. The minimum Gasteiger partial charge on any atom is -0.456 e. The molecule has 0 radical (unpaired) electrons. The predicted molar refractivity (Wildman–Crippen MR) is 246 cm³/mol. The maximum Gasteiger partial charge on any atom is 0.137 e. The van der Waals surface area contributed by atoms with Gasteiger partial charge in [0.1, 0.15) is 11.2 Å². The van der Waals surface area contributed by atoms with E-state index in [0.717, 1.165) is 44.3 Å². The summed E-state index contributed by atoms with van der Waals surface area (Å²) in [6.07, 6.45) is 0. The van der Waals surface area contributed by atoms with Crippen LogP contribution < -0.4 is 0 Å². The highest BCUT2D eigenvalue weighted by molar-refractivity contribution is 7.25. The van der Waals surface area contributed by atoms with Crippen LogP contribution in [0, 0.1) is 0 Å². The largest absolute Gasteiger partial charge is 0.456 e. The Balaban J connectivity index is 1.11. The second kappa shape index (κ2) is 12.1. The second-order valence-electron chi connectivity index (χ2n) is 15.3. The van der Waals surface area contributed by atoms with Gasteiger partial charge in [0.05, 0.1) is 22.1 Å². The molecule has 0 aliphatic heterocycles. The molecule has 0 aliphatic carbocycles. The molecule has 0 unspecified atom stereocenters. The van der Waals surface area contributed by atoms with Crippen molar-refractivity contribution in [2.24, 2.45) is 0 Å². The predicted octanol–water partition coefficient (Wildman–Crippen LogP) is 15.5. The van der Waals surface area contributed by atoms with Crippen molar-refractivity contribution in [1.82, 2.24) is 9.13 Å². The zero-order valence-electron chi connectivity index (χ0n) is 31.2. The molecule has 270 valence electrons. The standard InChI is InChI=1S/C54H32N2OS/c1-2-11-33(12-3-1)34-13-10-14-37(29-34)55-45-18-7-4-17-43(45)53-47(55)27-28-48-54(53)44-30-35(36-21-24-42-41-16-6-9-20-51(41)58-52(42)31-36)22-26-46(44)56(48)38-23-25-40-39-15-5-8-19-49(39)57-50(40)32-38/h1-32H. The fourth-order valence-corrected chi connectivity index (χ4v) is 10.7. The minimum atomic E-state index is 0.887. The number of benzene rings is 9. The van der Waals surface area contributed by atoms with Crippen LogP contribution in [-0.2, 0) is 0 Å². The van der Waals surface area contributed by atoms with Crippen molar-refractivity contribution >= 4 is 97.1 Å². The summed E-state index contributed by atoms with van der Waals surface area (Å²) in [5.74, 6) is 0. The number of furan rings is 1. The highest BCUT2D eigenvalue weighted by Crippen LogP contribution is 2.45.